The number of ether oxygens (including phenoxy) is 2. The van der Waals surface area contributed by atoms with Crippen LogP contribution in [0, 0.1) is 0 Å². The summed E-state index contributed by atoms with van der Waals surface area (Å²) in [4.78, 5) is 2.31. The van der Waals surface area contributed by atoms with Crippen LogP contribution in [0.5, 0.6) is 5.75 Å². The first kappa shape index (κ1) is 13.6. The molecule has 0 aromatic heterocycles. The molecule has 0 aliphatic carbocycles. The van der Waals surface area contributed by atoms with E-state index in [0.717, 1.165) is 38.6 Å². The Labute approximate surface area is 112 Å². The number of amidine groups is 1. The number of morpholine rings is 1. The summed E-state index contributed by atoms with van der Waals surface area (Å²) in [5.41, 5.74) is 6.15. The van der Waals surface area contributed by atoms with E-state index in [4.69, 9.17) is 20.4 Å². The normalized spacial score (nSPS) is 17.4. The number of hydrogen-bond acceptors (Lipinski definition) is 5. The molecule has 0 amide bonds. The Kier molecular flexibility index (Phi) is 5.00. The van der Waals surface area contributed by atoms with Crippen LogP contribution in [-0.4, -0.2) is 55.4 Å². The molecule has 104 valence electrons. The van der Waals surface area contributed by atoms with Crippen molar-refractivity contribution < 1.29 is 14.7 Å². The van der Waals surface area contributed by atoms with E-state index in [1.54, 1.807) is 12.1 Å². The van der Waals surface area contributed by atoms with Crippen LogP contribution in [0.3, 0.4) is 0 Å². The van der Waals surface area contributed by atoms with Gasteiger partial charge in [-0.3, -0.25) is 4.90 Å². The molecule has 1 aliphatic heterocycles. The lowest BCUT2D eigenvalue weighted by atomic mass is 10.2. The monoisotopic (exact) mass is 265 g/mol. The minimum absolute atomic E-state index is 0.0971. The van der Waals surface area contributed by atoms with E-state index in [9.17, 15) is 0 Å². The number of hydrogen-bond donors (Lipinski definition) is 2. The van der Waals surface area contributed by atoms with Crippen LogP contribution in [0.1, 0.15) is 5.56 Å². The molecule has 0 saturated carbocycles. The van der Waals surface area contributed by atoms with Crippen molar-refractivity contribution in [1.82, 2.24) is 4.90 Å². The molecule has 0 atom stereocenters. The minimum atomic E-state index is 0.0971. The molecule has 1 heterocycles. The molecule has 1 saturated heterocycles. The topological polar surface area (TPSA) is 80.3 Å². The van der Waals surface area contributed by atoms with Crippen LogP contribution >= 0.6 is 0 Å². The third kappa shape index (κ3) is 4.11. The van der Waals surface area contributed by atoms with Gasteiger partial charge < -0.3 is 20.4 Å². The van der Waals surface area contributed by atoms with Gasteiger partial charge in [0.05, 0.1) is 13.2 Å². The maximum Gasteiger partial charge on any atom is 0.170 e. The van der Waals surface area contributed by atoms with Gasteiger partial charge >= 0.3 is 0 Å². The summed E-state index contributed by atoms with van der Waals surface area (Å²) < 4.78 is 10.9. The molecule has 2 rings (SSSR count). The van der Waals surface area contributed by atoms with Gasteiger partial charge in [0, 0.05) is 25.2 Å². The number of rotatable bonds is 5. The summed E-state index contributed by atoms with van der Waals surface area (Å²) >= 11 is 0. The molecule has 0 bridgehead atoms. The lowest BCUT2D eigenvalue weighted by Gasteiger charge is -2.26. The van der Waals surface area contributed by atoms with Crippen molar-refractivity contribution >= 4 is 5.84 Å². The lowest BCUT2D eigenvalue weighted by molar-refractivity contribution is 0.0322. The highest BCUT2D eigenvalue weighted by atomic mass is 16.5. The van der Waals surface area contributed by atoms with Crippen molar-refractivity contribution in [2.45, 2.75) is 0 Å². The van der Waals surface area contributed by atoms with Crippen molar-refractivity contribution in [3.63, 3.8) is 0 Å². The van der Waals surface area contributed by atoms with Crippen LogP contribution in [-0.2, 0) is 4.74 Å². The van der Waals surface area contributed by atoms with E-state index >= 15 is 0 Å². The number of benzene rings is 1. The zero-order valence-electron chi connectivity index (χ0n) is 10.8. The third-order valence-electron chi connectivity index (χ3n) is 3.04. The summed E-state index contributed by atoms with van der Waals surface area (Å²) in [5.74, 6) is 0.877. The first-order valence-corrected chi connectivity index (χ1v) is 6.30. The Morgan fingerprint density at radius 1 is 1.32 bits per heavy atom. The number of nitrogens with two attached hydrogens (primary N) is 1. The van der Waals surface area contributed by atoms with Crippen molar-refractivity contribution in [3.05, 3.63) is 29.8 Å². The Morgan fingerprint density at radius 3 is 2.63 bits per heavy atom. The number of oxime groups is 1. The van der Waals surface area contributed by atoms with E-state index < -0.39 is 0 Å². The molecule has 6 heteroatoms. The smallest absolute Gasteiger partial charge is 0.170 e. The Bertz CT molecular complexity index is 414. The predicted octanol–water partition coefficient (Wildman–Crippen LogP) is 0.492. The van der Waals surface area contributed by atoms with Crippen molar-refractivity contribution in [2.75, 3.05) is 39.5 Å². The highest BCUT2D eigenvalue weighted by molar-refractivity contribution is 5.97. The third-order valence-corrected chi connectivity index (χ3v) is 3.04. The van der Waals surface area contributed by atoms with Gasteiger partial charge in [0.15, 0.2) is 5.84 Å². The van der Waals surface area contributed by atoms with E-state index in [-0.39, 0.29) is 5.84 Å². The number of nitrogens with zero attached hydrogens (tertiary/aromatic N) is 2. The quantitative estimate of drug-likeness (QED) is 0.350. The second kappa shape index (κ2) is 6.96. The highest BCUT2D eigenvalue weighted by Crippen LogP contribution is 2.12. The predicted molar refractivity (Wildman–Crippen MR) is 71.7 cm³/mol. The van der Waals surface area contributed by atoms with Gasteiger partial charge in [0.25, 0.3) is 0 Å². The van der Waals surface area contributed by atoms with E-state index in [1.807, 2.05) is 12.1 Å². The maximum atomic E-state index is 8.56. The Balaban J connectivity index is 1.76. The van der Waals surface area contributed by atoms with Crippen LogP contribution in [0.4, 0.5) is 0 Å². The highest BCUT2D eigenvalue weighted by Gasteiger charge is 2.09. The van der Waals surface area contributed by atoms with Crippen LogP contribution < -0.4 is 10.5 Å². The maximum absolute atomic E-state index is 8.56. The van der Waals surface area contributed by atoms with Crippen LogP contribution in [0.2, 0.25) is 0 Å². The molecule has 1 aliphatic rings. The SMILES string of the molecule is NC(=NO)c1ccc(OCCN2CCOCC2)cc1. The van der Waals surface area contributed by atoms with Gasteiger partial charge in [-0.15, -0.1) is 0 Å². The average molecular weight is 265 g/mol. The van der Waals surface area contributed by atoms with Gasteiger partial charge in [-0.05, 0) is 24.3 Å². The van der Waals surface area contributed by atoms with E-state index in [0.29, 0.717) is 12.2 Å². The zero-order chi connectivity index (χ0) is 13.5. The van der Waals surface area contributed by atoms with Gasteiger partial charge in [-0.2, -0.15) is 0 Å². The molecule has 1 fully saturated rings. The fourth-order valence-electron chi connectivity index (χ4n) is 1.90. The molecule has 0 spiro atoms. The molecular weight excluding hydrogens is 246 g/mol. The molecule has 0 unspecified atom stereocenters. The van der Waals surface area contributed by atoms with Crippen LogP contribution in [0.15, 0.2) is 29.4 Å². The van der Waals surface area contributed by atoms with Gasteiger partial charge in [0.2, 0.25) is 0 Å². The largest absolute Gasteiger partial charge is 0.492 e. The summed E-state index contributed by atoms with van der Waals surface area (Å²) in [6.07, 6.45) is 0. The molecule has 1 aromatic carbocycles. The molecule has 19 heavy (non-hydrogen) atoms. The molecule has 6 nitrogen and oxygen atoms in total. The fraction of sp³-hybridized carbons (Fsp3) is 0.462. The zero-order valence-corrected chi connectivity index (χ0v) is 10.8. The van der Waals surface area contributed by atoms with Crippen molar-refractivity contribution in [3.8, 4) is 5.75 Å². The molecule has 0 radical (unpaired) electrons. The van der Waals surface area contributed by atoms with Crippen molar-refractivity contribution in [1.29, 1.82) is 0 Å². The standard InChI is InChI=1S/C13H19N3O3/c14-13(15-17)11-1-3-12(4-2-11)19-10-7-16-5-8-18-9-6-16/h1-4,17H,5-10H2,(H2,14,15). The summed E-state index contributed by atoms with van der Waals surface area (Å²) in [7, 11) is 0. The lowest BCUT2D eigenvalue weighted by Crippen LogP contribution is -2.38. The Hall–Kier alpha value is -1.79. The minimum Gasteiger partial charge on any atom is -0.492 e. The fourth-order valence-corrected chi connectivity index (χ4v) is 1.90. The average Bonchev–Trinajstić information content (AvgIpc) is 2.48. The second-order valence-electron chi connectivity index (χ2n) is 4.31. The molecular formula is C13H19N3O3. The summed E-state index contributed by atoms with van der Waals surface area (Å²) in [6.45, 7) is 5.06. The van der Waals surface area contributed by atoms with E-state index in [1.165, 1.54) is 0 Å². The van der Waals surface area contributed by atoms with Gasteiger partial charge in [-0.25, -0.2) is 0 Å². The second-order valence-corrected chi connectivity index (χ2v) is 4.31. The van der Waals surface area contributed by atoms with Gasteiger partial charge in [0.1, 0.15) is 12.4 Å². The van der Waals surface area contributed by atoms with Crippen LogP contribution in [0.25, 0.3) is 0 Å². The molecule has 3 N–H and O–H groups in total. The first-order valence-electron chi connectivity index (χ1n) is 6.30. The first-order chi connectivity index (χ1) is 9.29. The summed E-state index contributed by atoms with van der Waals surface area (Å²) in [5, 5.41) is 11.5. The Morgan fingerprint density at radius 2 is 2.00 bits per heavy atom. The van der Waals surface area contributed by atoms with Crippen molar-refractivity contribution in [2.24, 2.45) is 10.9 Å². The van der Waals surface area contributed by atoms with E-state index in [2.05, 4.69) is 10.1 Å². The van der Waals surface area contributed by atoms with Gasteiger partial charge in [-0.1, -0.05) is 5.16 Å². The summed E-state index contributed by atoms with van der Waals surface area (Å²) in [6, 6.07) is 7.15. The molecule has 1 aromatic rings.